The van der Waals surface area contributed by atoms with Crippen molar-refractivity contribution in [3.8, 4) is 17.2 Å². The summed E-state index contributed by atoms with van der Waals surface area (Å²) in [6, 6.07) is 3.74. The third-order valence-corrected chi connectivity index (χ3v) is 9.68. The summed E-state index contributed by atoms with van der Waals surface area (Å²) >= 11 is 0. The molecule has 15 nitrogen and oxygen atoms in total. The largest absolute Gasteiger partial charge is 0.507 e. The molecule has 15 heteroatoms. The molecular weight excluding hydrogens is 652 g/mol. The van der Waals surface area contributed by atoms with Gasteiger partial charge in [-0.1, -0.05) is 12.1 Å². The number of aromatic hydroxyl groups is 2. The van der Waals surface area contributed by atoms with Crippen LogP contribution in [0.3, 0.4) is 0 Å². The second kappa shape index (κ2) is 14.8. The van der Waals surface area contributed by atoms with Gasteiger partial charge in [-0.25, -0.2) is 0 Å². The summed E-state index contributed by atoms with van der Waals surface area (Å²) in [4.78, 5) is 46.7. The fourth-order valence-corrected chi connectivity index (χ4v) is 7.12. The van der Waals surface area contributed by atoms with Crippen molar-refractivity contribution >= 4 is 29.0 Å². The molecule has 0 saturated carbocycles. The lowest BCUT2D eigenvalue weighted by Gasteiger charge is -2.41. The number of amidine groups is 2. The number of nitrogens with one attached hydrogen (secondary N) is 2. The molecule has 0 spiro atoms. The molecule has 1 aliphatic heterocycles. The van der Waals surface area contributed by atoms with E-state index in [0.717, 1.165) is 19.4 Å². The number of fused-ring (bicyclic) bond motifs is 3. The van der Waals surface area contributed by atoms with Crippen molar-refractivity contribution in [3.05, 3.63) is 51.6 Å². The molecule has 2 aliphatic carbocycles. The standard InChI is InChI=1S/C35H44N4O11/c1-4-38-23(36)10-5-6-11-24(37)39-19-12-25(49-16(2)30(19)42)50-21-14-35(47,22(41)15-40)13-18-27(21)34(46)29-28(32(18)44)31(43)17-8-7-9-20(48-3)26(17)33(29)45/h7-9,16,19,21,25,30,40,42,44,46-47H,4-6,10-15H2,1-3H3,(H2,36,38)(H2,37,39)/p+2/t16?,19?,21-,25?,30?,35-/m0/s1. The Labute approximate surface area is 288 Å². The third-order valence-electron chi connectivity index (χ3n) is 9.68. The topological polar surface area (TPSA) is 260 Å². The number of nitrogens with two attached hydrogens (primary N) is 2. The summed E-state index contributed by atoms with van der Waals surface area (Å²) in [7, 11) is 1.33. The van der Waals surface area contributed by atoms with Gasteiger partial charge in [0.05, 0.1) is 42.6 Å². The predicted molar refractivity (Wildman–Crippen MR) is 177 cm³/mol. The highest BCUT2D eigenvalue weighted by molar-refractivity contribution is 6.31. The minimum atomic E-state index is -2.28. The lowest BCUT2D eigenvalue weighted by molar-refractivity contribution is -0.537. The summed E-state index contributed by atoms with van der Waals surface area (Å²) in [5, 5.41) is 55.5. The smallest absolute Gasteiger partial charge is 0.240 e. The van der Waals surface area contributed by atoms with Crippen LogP contribution >= 0.6 is 0 Å². The third kappa shape index (κ3) is 6.83. The summed E-state index contributed by atoms with van der Waals surface area (Å²) in [5.41, 5.74) is 8.48. The predicted octanol–water partition coefficient (Wildman–Crippen LogP) is -2.50. The van der Waals surface area contributed by atoms with Gasteiger partial charge in [0.15, 0.2) is 17.9 Å². The molecule has 2 aromatic carbocycles. The van der Waals surface area contributed by atoms with Crippen LogP contribution in [0.15, 0.2) is 18.2 Å². The monoisotopic (exact) mass is 698 g/mol. The number of hydrogen-bond donors (Lipinski definition) is 9. The summed E-state index contributed by atoms with van der Waals surface area (Å²) in [5.74, 6) is -2.70. The van der Waals surface area contributed by atoms with Gasteiger partial charge in [-0.15, -0.1) is 0 Å². The SMILES string of the molecule is CC[NH+]=C(N)CCCCC(N)=[NH+]C1CC(O[C@H]2C[C@](O)(C(=O)CO)Cc3c(O)c4c(c(O)c32)C(=O)c2c(OC)cccc2C4=O)OC(C)C1O. The van der Waals surface area contributed by atoms with Gasteiger partial charge in [-0.05, 0) is 32.8 Å². The summed E-state index contributed by atoms with van der Waals surface area (Å²) in [6.07, 6.45) is -2.59. The number of ketones is 3. The minimum absolute atomic E-state index is 0.0330. The van der Waals surface area contributed by atoms with E-state index in [4.69, 9.17) is 25.7 Å². The Morgan fingerprint density at radius 2 is 1.74 bits per heavy atom. The van der Waals surface area contributed by atoms with E-state index in [1.807, 2.05) is 6.92 Å². The molecule has 1 heterocycles. The number of ether oxygens (including phenoxy) is 3. The number of rotatable bonds is 12. The number of benzene rings is 2. The van der Waals surface area contributed by atoms with Gasteiger partial charge in [0.1, 0.15) is 41.6 Å². The molecule has 270 valence electrons. The molecule has 0 aromatic heterocycles. The van der Waals surface area contributed by atoms with Crippen molar-refractivity contribution in [1.29, 1.82) is 0 Å². The Kier molecular flexibility index (Phi) is 10.9. The molecular formula is C35H46N4O11+2. The molecule has 0 bridgehead atoms. The van der Waals surface area contributed by atoms with Crippen LogP contribution in [0.5, 0.6) is 17.2 Å². The van der Waals surface area contributed by atoms with Crippen molar-refractivity contribution < 1.29 is 64.1 Å². The molecule has 4 unspecified atom stereocenters. The molecule has 6 atom stereocenters. The zero-order valence-electron chi connectivity index (χ0n) is 28.3. The molecule has 2 aromatic rings. The van der Waals surface area contributed by atoms with Crippen LogP contribution in [0.4, 0.5) is 0 Å². The van der Waals surface area contributed by atoms with Gasteiger partial charge >= 0.3 is 0 Å². The van der Waals surface area contributed by atoms with Gasteiger partial charge in [0.25, 0.3) is 0 Å². The number of aliphatic hydroxyl groups is 3. The number of hydrogen-bond acceptors (Lipinski definition) is 11. The van der Waals surface area contributed by atoms with E-state index in [1.54, 1.807) is 6.92 Å². The minimum Gasteiger partial charge on any atom is -0.507 e. The van der Waals surface area contributed by atoms with Gasteiger partial charge in [0.2, 0.25) is 17.5 Å². The first-order valence-electron chi connectivity index (χ1n) is 16.7. The van der Waals surface area contributed by atoms with Crippen LogP contribution in [0.1, 0.15) is 101 Å². The fourth-order valence-electron chi connectivity index (χ4n) is 7.12. The number of carbonyl (C=O) groups excluding carboxylic acids is 3. The first kappa shape index (κ1) is 36.9. The van der Waals surface area contributed by atoms with Gasteiger partial charge < -0.3 is 39.7 Å². The molecule has 0 amide bonds. The van der Waals surface area contributed by atoms with E-state index in [-0.39, 0.29) is 34.4 Å². The van der Waals surface area contributed by atoms with Crippen LogP contribution in [0, 0.1) is 0 Å². The quantitative estimate of drug-likeness (QED) is 0.0411. The molecule has 50 heavy (non-hydrogen) atoms. The number of carbonyl (C=O) groups is 3. The van der Waals surface area contributed by atoms with E-state index < -0.39 is 95.7 Å². The highest BCUT2D eigenvalue weighted by atomic mass is 16.7. The number of aliphatic hydroxyl groups excluding tert-OH is 2. The van der Waals surface area contributed by atoms with Crippen molar-refractivity contribution in [2.45, 2.75) is 95.0 Å². The van der Waals surface area contributed by atoms with E-state index in [2.05, 4.69) is 9.98 Å². The normalized spacial score (nSPS) is 26.6. The number of phenols is 2. The number of methoxy groups -OCH3 is 1. The molecule has 5 rings (SSSR count). The van der Waals surface area contributed by atoms with Gasteiger partial charge in [-0.2, -0.15) is 0 Å². The molecule has 0 radical (unpaired) electrons. The highest BCUT2D eigenvalue weighted by Gasteiger charge is 2.50. The Hall–Kier alpha value is -4.41. The van der Waals surface area contributed by atoms with E-state index >= 15 is 0 Å². The van der Waals surface area contributed by atoms with Crippen LogP contribution in [0.2, 0.25) is 0 Å². The van der Waals surface area contributed by atoms with Crippen molar-refractivity contribution in [3.63, 3.8) is 0 Å². The average Bonchev–Trinajstić information content (AvgIpc) is 3.08. The van der Waals surface area contributed by atoms with Crippen molar-refractivity contribution in [2.75, 3.05) is 20.3 Å². The molecule has 1 saturated heterocycles. The van der Waals surface area contributed by atoms with E-state index in [1.165, 1.54) is 25.3 Å². The maximum absolute atomic E-state index is 13.9. The zero-order chi connectivity index (χ0) is 36.5. The maximum Gasteiger partial charge on any atom is 0.240 e. The molecule has 11 N–H and O–H groups in total. The second-order valence-electron chi connectivity index (χ2n) is 13.0. The lowest BCUT2D eigenvalue weighted by Crippen LogP contribution is -2.86. The van der Waals surface area contributed by atoms with Crippen molar-refractivity contribution in [1.82, 2.24) is 0 Å². The van der Waals surface area contributed by atoms with Crippen LogP contribution in [-0.4, -0.2) is 105 Å². The van der Waals surface area contributed by atoms with E-state index in [0.29, 0.717) is 24.5 Å². The van der Waals surface area contributed by atoms with Crippen LogP contribution < -0.4 is 26.2 Å². The Bertz CT molecular complexity index is 1740. The average molecular weight is 699 g/mol. The molecule has 3 aliphatic rings. The number of unbranched alkanes of at least 4 members (excludes halogenated alkanes) is 1. The zero-order valence-corrected chi connectivity index (χ0v) is 28.3. The number of phenolic OH excluding ortho intramolecular Hbond substituents is 2. The lowest BCUT2D eigenvalue weighted by atomic mass is 9.72. The first-order chi connectivity index (χ1) is 23.8. The first-order valence-corrected chi connectivity index (χ1v) is 16.7. The van der Waals surface area contributed by atoms with E-state index in [9.17, 15) is 39.9 Å². The fraction of sp³-hybridized carbons (Fsp3) is 0.514. The summed E-state index contributed by atoms with van der Waals surface area (Å²) < 4.78 is 17.6. The van der Waals surface area contributed by atoms with Crippen molar-refractivity contribution in [2.24, 2.45) is 11.5 Å². The van der Waals surface area contributed by atoms with Crippen LogP contribution in [-0.2, 0) is 20.7 Å². The Balaban J connectivity index is 1.49. The van der Waals surface area contributed by atoms with Gasteiger partial charge in [-0.3, -0.25) is 35.8 Å². The Morgan fingerprint density at radius 3 is 2.40 bits per heavy atom. The second-order valence-corrected chi connectivity index (χ2v) is 13.0. The highest BCUT2D eigenvalue weighted by Crippen LogP contribution is 2.52. The number of Topliss-reactive ketones (excluding diaryl/α,β-unsaturated/α-hetero) is 1. The summed E-state index contributed by atoms with van der Waals surface area (Å²) in [6.45, 7) is 3.28. The maximum atomic E-state index is 13.9. The Morgan fingerprint density at radius 1 is 1.06 bits per heavy atom. The van der Waals surface area contributed by atoms with Crippen LogP contribution in [0.25, 0.3) is 0 Å². The molecule has 1 fully saturated rings. The van der Waals surface area contributed by atoms with Gasteiger partial charge in [0, 0.05) is 48.8 Å².